The number of allylic oxidation sites excluding steroid dienone is 1. The molecule has 2 N–H and O–H groups in total. The van der Waals surface area contributed by atoms with E-state index in [2.05, 4.69) is 26.6 Å². The first-order chi connectivity index (χ1) is 12.5. The van der Waals surface area contributed by atoms with Crippen LogP contribution >= 0.6 is 15.9 Å². The van der Waals surface area contributed by atoms with E-state index in [4.69, 9.17) is 4.74 Å². The van der Waals surface area contributed by atoms with E-state index in [1.807, 2.05) is 55.5 Å². The van der Waals surface area contributed by atoms with Crippen molar-refractivity contribution in [2.24, 2.45) is 0 Å². The minimum absolute atomic E-state index is 0.175. The molecule has 2 amide bonds. The van der Waals surface area contributed by atoms with Crippen LogP contribution in [-0.4, -0.2) is 12.0 Å². The van der Waals surface area contributed by atoms with Gasteiger partial charge in [-0.25, -0.2) is 9.59 Å². The highest BCUT2D eigenvalue weighted by Crippen LogP contribution is 2.30. The van der Waals surface area contributed by atoms with Crippen molar-refractivity contribution >= 4 is 27.9 Å². The van der Waals surface area contributed by atoms with Gasteiger partial charge in [0, 0.05) is 10.2 Å². The zero-order valence-electron chi connectivity index (χ0n) is 14.5. The lowest BCUT2D eigenvalue weighted by atomic mass is 9.95. The lowest BCUT2D eigenvalue weighted by Crippen LogP contribution is -2.45. The summed E-state index contributed by atoms with van der Waals surface area (Å²) in [4.78, 5) is 24.7. The number of urea groups is 1. The van der Waals surface area contributed by atoms with Gasteiger partial charge in [0.2, 0.25) is 0 Å². The number of benzene rings is 2. The van der Waals surface area contributed by atoms with Crippen molar-refractivity contribution in [3.05, 3.63) is 81.0 Å². The van der Waals surface area contributed by atoms with Gasteiger partial charge in [0.15, 0.2) is 0 Å². The van der Waals surface area contributed by atoms with E-state index in [0.29, 0.717) is 11.3 Å². The Labute approximate surface area is 160 Å². The van der Waals surface area contributed by atoms with Crippen LogP contribution in [0.4, 0.5) is 4.79 Å². The van der Waals surface area contributed by atoms with Crippen LogP contribution < -0.4 is 10.6 Å². The number of aryl methyl sites for hydroxylation is 1. The molecule has 0 saturated carbocycles. The Kier molecular flexibility index (Phi) is 5.42. The van der Waals surface area contributed by atoms with E-state index >= 15 is 0 Å². The Balaban J connectivity index is 1.87. The number of esters is 1. The number of halogens is 1. The van der Waals surface area contributed by atoms with Gasteiger partial charge >= 0.3 is 12.0 Å². The Morgan fingerprint density at radius 2 is 1.88 bits per heavy atom. The van der Waals surface area contributed by atoms with Crippen molar-refractivity contribution < 1.29 is 14.3 Å². The Bertz CT molecular complexity index is 878. The van der Waals surface area contributed by atoms with Crippen molar-refractivity contribution in [1.82, 2.24) is 10.6 Å². The lowest BCUT2D eigenvalue weighted by Gasteiger charge is -2.28. The van der Waals surface area contributed by atoms with Gasteiger partial charge in [-0.05, 0) is 36.6 Å². The number of nitrogens with one attached hydrogen (secondary N) is 2. The van der Waals surface area contributed by atoms with Crippen LogP contribution in [0.2, 0.25) is 0 Å². The first-order valence-electron chi connectivity index (χ1n) is 8.21. The summed E-state index contributed by atoms with van der Waals surface area (Å²) >= 11 is 3.50. The highest BCUT2D eigenvalue weighted by atomic mass is 79.9. The number of hydrogen-bond acceptors (Lipinski definition) is 3. The highest BCUT2D eigenvalue weighted by molar-refractivity contribution is 9.10. The molecule has 1 heterocycles. The lowest BCUT2D eigenvalue weighted by molar-refractivity contribution is -0.140. The molecule has 0 aliphatic carbocycles. The van der Waals surface area contributed by atoms with Gasteiger partial charge in [0.1, 0.15) is 6.61 Å². The number of ether oxygens (including phenoxy) is 1. The molecule has 5 nitrogen and oxygen atoms in total. The molecule has 0 bridgehead atoms. The number of carbonyl (C=O) groups excluding carboxylic acids is 2. The van der Waals surface area contributed by atoms with E-state index in [1.165, 1.54) is 0 Å². The third kappa shape index (κ3) is 3.96. The molecule has 0 saturated heterocycles. The summed E-state index contributed by atoms with van der Waals surface area (Å²) in [7, 11) is 0. The molecule has 0 aromatic heterocycles. The van der Waals surface area contributed by atoms with Gasteiger partial charge in [-0.15, -0.1) is 0 Å². The van der Waals surface area contributed by atoms with Crippen molar-refractivity contribution in [2.45, 2.75) is 26.5 Å². The fourth-order valence-corrected chi connectivity index (χ4v) is 3.20. The molecule has 0 unspecified atom stereocenters. The molecule has 6 heteroatoms. The number of carbonyl (C=O) groups is 2. The molecule has 2 aromatic rings. The van der Waals surface area contributed by atoms with E-state index in [1.54, 1.807) is 6.92 Å². The minimum Gasteiger partial charge on any atom is -0.457 e. The fraction of sp³-hybridized carbons (Fsp3) is 0.200. The molecule has 0 radical (unpaired) electrons. The van der Waals surface area contributed by atoms with Crippen LogP contribution in [0.3, 0.4) is 0 Å². The molecule has 26 heavy (non-hydrogen) atoms. The highest BCUT2D eigenvalue weighted by Gasteiger charge is 2.32. The standard InChI is InChI=1S/C20H19BrN2O3/c1-12-8-9-15(10-16(12)21)18-17(13(2)22-20(25)23-18)19(24)26-11-14-6-4-3-5-7-14/h3-10,18H,11H2,1-2H3,(H2,22,23,25)/t18-/m1/s1. The molecule has 1 atom stereocenters. The first kappa shape index (κ1) is 18.2. The SMILES string of the molecule is CC1=C(C(=O)OCc2ccccc2)[C@@H](c2ccc(C)c(Br)c2)NC(=O)N1. The van der Waals surface area contributed by atoms with Gasteiger partial charge in [0.05, 0.1) is 11.6 Å². The van der Waals surface area contributed by atoms with Crippen molar-refractivity contribution in [3.63, 3.8) is 0 Å². The molecule has 1 aliphatic heterocycles. The van der Waals surface area contributed by atoms with Gasteiger partial charge in [-0.2, -0.15) is 0 Å². The summed E-state index contributed by atoms with van der Waals surface area (Å²) in [5.41, 5.74) is 3.68. The molecule has 1 aliphatic rings. The minimum atomic E-state index is -0.566. The zero-order valence-corrected chi connectivity index (χ0v) is 16.1. The smallest absolute Gasteiger partial charge is 0.338 e. The maximum Gasteiger partial charge on any atom is 0.338 e. The van der Waals surface area contributed by atoms with E-state index in [0.717, 1.165) is 21.2 Å². The molecule has 2 aromatic carbocycles. The van der Waals surface area contributed by atoms with Gasteiger partial charge in [0.25, 0.3) is 0 Å². The van der Waals surface area contributed by atoms with Gasteiger partial charge in [-0.3, -0.25) is 0 Å². The third-order valence-electron chi connectivity index (χ3n) is 4.23. The predicted octanol–water partition coefficient (Wildman–Crippen LogP) is 4.13. The first-order valence-corrected chi connectivity index (χ1v) is 9.00. The fourth-order valence-electron chi connectivity index (χ4n) is 2.80. The Hall–Kier alpha value is -2.60. The monoisotopic (exact) mass is 414 g/mol. The van der Waals surface area contributed by atoms with Crippen LogP contribution in [0.1, 0.15) is 29.7 Å². The summed E-state index contributed by atoms with van der Waals surface area (Å²) < 4.78 is 6.39. The topological polar surface area (TPSA) is 67.4 Å². The number of hydrogen-bond donors (Lipinski definition) is 2. The van der Waals surface area contributed by atoms with Crippen molar-refractivity contribution in [2.75, 3.05) is 0 Å². The molecular weight excluding hydrogens is 396 g/mol. The maximum absolute atomic E-state index is 12.7. The van der Waals surface area contributed by atoms with E-state index < -0.39 is 12.0 Å². The summed E-state index contributed by atoms with van der Waals surface area (Å²) in [6, 6.07) is 14.3. The van der Waals surface area contributed by atoms with Crippen molar-refractivity contribution in [3.8, 4) is 0 Å². The number of rotatable bonds is 4. The summed E-state index contributed by atoms with van der Waals surface area (Å²) in [5.74, 6) is -0.458. The van der Waals surface area contributed by atoms with Crippen LogP contribution in [0.25, 0.3) is 0 Å². The average Bonchev–Trinajstić information content (AvgIpc) is 2.62. The Morgan fingerprint density at radius 3 is 2.58 bits per heavy atom. The normalized spacial score (nSPS) is 16.7. The molecule has 134 valence electrons. The molecular formula is C20H19BrN2O3. The summed E-state index contributed by atoms with van der Waals surface area (Å²) in [5, 5.41) is 5.46. The second-order valence-corrected chi connectivity index (χ2v) is 6.99. The van der Waals surface area contributed by atoms with Crippen LogP contribution in [0.15, 0.2) is 64.3 Å². The molecule has 0 fully saturated rings. The Morgan fingerprint density at radius 1 is 1.15 bits per heavy atom. The third-order valence-corrected chi connectivity index (χ3v) is 5.09. The molecule has 3 rings (SSSR count). The molecule has 0 spiro atoms. The largest absolute Gasteiger partial charge is 0.457 e. The summed E-state index contributed by atoms with van der Waals surface area (Å²) in [6.07, 6.45) is 0. The van der Waals surface area contributed by atoms with Crippen LogP contribution in [-0.2, 0) is 16.1 Å². The quantitative estimate of drug-likeness (QED) is 0.738. The second kappa shape index (κ2) is 7.74. The van der Waals surface area contributed by atoms with E-state index in [9.17, 15) is 9.59 Å². The van der Waals surface area contributed by atoms with Crippen LogP contribution in [0, 0.1) is 6.92 Å². The zero-order chi connectivity index (χ0) is 18.7. The summed E-state index contributed by atoms with van der Waals surface area (Å²) in [6.45, 7) is 3.85. The second-order valence-electron chi connectivity index (χ2n) is 6.14. The van der Waals surface area contributed by atoms with Gasteiger partial charge < -0.3 is 15.4 Å². The predicted molar refractivity (Wildman–Crippen MR) is 102 cm³/mol. The number of amides is 2. The maximum atomic E-state index is 12.7. The van der Waals surface area contributed by atoms with Crippen molar-refractivity contribution in [1.29, 1.82) is 0 Å². The van der Waals surface area contributed by atoms with Gasteiger partial charge in [-0.1, -0.05) is 58.4 Å². The van der Waals surface area contributed by atoms with Crippen LogP contribution in [0.5, 0.6) is 0 Å². The van der Waals surface area contributed by atoms with E-state index in [-0.39, 0.29) is 12.6 Å². The average molecular weight is 415 g/mol.